The van der Waals surface area contributed by atoms with E-state index < -0.39 is 0 Å². The van der Waals surface area contributed by atoms with Gasteiger partial charge in [-0.2, -0.15) is 0 Å². The Balaban J connectivity index is 1.51. The molecule has 5 unspecified atom stereocenters. The number of carbonyl (C=O) groups is 1. The van der Waals surface area contributed by atoms with Crippen LogP contribution < -0.4 is 0 Å². The number of rotatable bonds is 5. The van der Waals surface area contributed by atoms with E-state index in [0.29, 0.717) is 17.3 Å². The quantitative estimate of drug-likeness (QED) is 0.573. The molecule has 3 heteroatoms. The van der Waals surface area contributed by atoms with Gasteiger partial charge in [0.05, 0.1) is 13.2 Å². The lowest BCUT2D eigenvalue weighted by Gasteiger charge is -2.63. The molecule has 9 atom stereocenters. The SMILES string of the molecule is CC[C@H]1CC2C3CC[C@H](CCCC(=O)OC)C3(C)CC[C@@H]2C2(C)CC[C@@H](O)CC12. The number of fused-ring (bicyclic) bond motifs is 5. The first-order valence-corrected chi connectivity index (χ1v) is 12.6. The Morgan fingerprint density at radius 2 is 1.72 bits per heavy atom. The van der Waals surface area contributed by atoms with E-state index in [9.17, 15) is 9.90 Å². The van der Waals surface area contributed by atoms with Crippen LogP contribution in [0.5, 0.6) is 0 Å². The third-order valence-corrected chi connectivity index (χ3v) is 10.7. The second kappa shape index (κ2) is 8.17. The highest BCUT2D eigenvalue weighted by Gasteiger charge is 2.61. The number of aliphatic hydroxyl groups excluding tert-OH is 1. The lowest BCUT2D eigenvalue weighted by molar-refractivity contribution is -0.151. The molecule has 29 heavy (non-hydrogen) atoms. The summed E-state index contributed by atoms with van der Waals surface area (Å²) in [5.74, 6) is 4.91. The maximum atomic E-state index is 11.6. The van der Waals surface area contributed by atoms with E-state index in [1.165, 1.54) is 58.5 Å². The molecule has 4 rings (SSSR count). The Labute approximate surface area is 178 Å². The molecule has 4 aliphatic carbocycles. The molecule has 0 aromatic heterocycles. The molecular weight excluding hydrogens is 360 g/mol. The Morgan fingerprint density at radius 1 is 1.00 bits per heavy atom. The van der Waals surface area contributed by atoms with Crippen LogP contribution in [0.4, 0.5) is 0 Å². The Hall–Kier alpha value is -0.570. The van der Waals surface area contributed by atoms with Gasteiger partial charge in [0.1, 0.15) is 0 Å². The normalized spacial score (nSPS) is 49.1. The first-order chi connectivity index (χ1) is 13.8. The van der Waals surface area contributed by atoms with Crippen molar-refractivity contribution in [2.45, 2.75) is 104 Å². The first-order valence-electron chi connectivity index (χ1n) is 12.6. The molecule has 0 heterocycles. The second-order valence-electron chi connectivity index (χ2n) is 11.6. The molecule has 0 aliphatic heterocycles. The predicted octanol–water partition coefficient (Wildman–Crippen LogP) is 5.99. The summed E-state index contributed by atoms with van der Waals surface area (Å²) < 4.78 is 4.85. The van der Waals surface area contributed by atoms with Crippen molar-refractivity contribution in [3.63, 3.8) is 0 Å². The van der Waals surface area contributed by atoms with Gasteiger partial charge in [-0.1, -0.05) is 27.2 Å². The standard InChI is InChI=1S/C26H44O3/c1-5-17-15-20-21-10-9-18(7-6-8-24(28)29-4)25(21,2)14-12-22(20)26(3)13-11-19(27)16-23(17)26/h17-23,27H,5-16H2,1-4H3/t17-,18-,19+,20?,21?,22-,23?,25?,26?/m0/s1. The molecular formula is C26H44O3. The maximum Gasteiger partial charge on any atom is 0.305 e. The minimum atomic E-state index is -0.0572. The second-order valence-corrected chi connectivity index (χ2v) is 11.6. The van der Waals surface area contributed by atoms with Crippen LogP contribution in [0.1, 0.15) is 97.8 Å². The van der Waals surface area contributed by atoms with Crippen LogP contribution in [0.15, 0.2) is 0 Å². The van der Waals surface area contributed by atoms with E-state index >= 15 is 0 Å². The van der Waals surface area contributed by atoms with Gasteiger partial charge in [-0.3, -0.25) is 4.79 Å². The number of hydrogen-bond donors (Lipinski definition) is 1. The summed E-state index contributed by atoms with van der Waals surface area (Å²) in [5.41, 5.74) is 0.931. The molecule has 166 valence electrons. The van der Waals surface area contributed by atoms with Gasteiger partial charge < -0.3 is 9.84 Å². The van der Waals surface area contributed by atoms with Gasteiger partial charge in [-0.25, -0.2) is 0 Å². The zero-order valence-electron chi connectivity index (χ0n) is 19.3. The summed E-state index contributed by atoms with van der Waals surface area (Å²) in [6, 6.07) is 0. The van der Waals surface area contributed by atoms with Crippen molar-refractivity contribution in [2.24, 2.45) is 46.3 Å². The maximum absolute atomic E-state index is 11.6. The van der Waals surface area contributed by atoms with Crippen LogP contribution in [-0.4, -0.2) is 24.3 Å². The van der Waals surface area contributed by atoms with Crippen molar-refractivity contribution >= 4 is 5.97 Å². The van der Waals surface area contributed by atoms with E-state index in [1.807, 2.05) is 0 Å². The van der Waals surface area contributed by atoms with Crippen LogP contribution in [0.2, 0.25) is 0 Å². The van der Waals surface area contributed by atoms with Crippen LogP contribution in [0.25, 0.3) is 0 Å². The number of esters is 1. The van der Waals surface area contributed by atoms with Crippen molar-refractivity contribution < 1.29 is 14.6 Å². The van der Waals surface area contributed by atoms with E-state index in [4.69, 9.17) is 4.74 Å². The van der Waals surface area contributed by atoms with Gasteiger partial charge in [0, 0.05) is 6.42 Å². The smallest absolute Gasteiger partial charge is 0.305 e. The van der Waals surface area contributed by atoms with Gasteiger partial charge in [-0.05, 0) is 111 Å². The third kappa shape index (κ3) is 3.58. The lowest BCUT2D eigenvalue weighted by Crippen LogP contribution is -2.56. The molecule has 0 bridgehead atoms. The summed E-state index contributed by atoms with van der Waals surface area (Å²) in [4.78, 5) is 11.6. The zero-order chi connectivity index (χ0) is 20.8. The fourth-order valence-electron chi connectivity index (χ4n) is 9.11. The number of ether oxygens (including phenoxy) is 1. The van der Waals surface area contributed by atoms with Crippen molar-refractivity contribution in [3.8, 4) is 0 Å². The number of carbonyl (C=O) groups excluding carboxylic acids is 1. The highest BCUT2D eigenvalue weighted by atomic mass is 16.5. The lowest BCUT2D eigenvalue weighted by atomic mass is 9.42. The van der Waals surface area contributed by atoms with E-state index in [1.54, 1.807) is 0 Å². The Kier molecular flexibility index (Phi) is 6.10. The van der Waals surface area contributed by atoms with Gasteiger partial charge >= 0.3 is 5.97 Å². The molecule has 0 amide bonds. The highest BCUT2D eigenvalue weighted by Crippen LogP contribution is 2.69. The van der Waals surface area contributed by atoms with Gasteiger partial charge in [0.15, 0.2) is 0 Å². The molecule has 3 nitrogen and oxygen atoms in total. The fraction of sp³-hybridized carbons (Fsp3) is 0.962. The van der Waals surface area contributed by atoms with Crippen LogP contribution >= 0.6 is 0 Å². The molecule has 0 saturated heterocycles. The number of aliphatic hydroxyl groups is 1. The van der Waals surface area contributed by atoms with Crippen LogP contribution in [0.3, 0.4) is 0 Å². The summed E-state index contributed by atoms with van der Waals surface area (Å²) in [6.45, 7) is 7.59. The average molecular weight is 405 g/mol. The fourth-order valence-corrected chi connectivity index (χ4v) is 9.11. The molecule has 4 saturated carbocycles. The largest absolute Gasteiger partial charge is 0.469 e. The summed E-state index contributed by atoms with van der Waals surface area (Å²) in [5, 5.41) is 10.4. The third-order valence-electron chi connectivity index (χ3n) is 10.7. The minimum Gasteiger partial charge on any atom is -0.469 e. The van der Waals surface area contributed by atoms with Crippen molar-refractivity contribution in [2.75, 3.05) is 7.11 Å². The zero-order valence-corrected chi connectivity index (χ0v) is 19.3. The summed E-state index contributed by atoms with van der Waals surface area (Å²) in [6.07, 6.45) is 14.2. The van der Waals surface area contributed by atoms with Crippen LogP contribution in [-0.2, 0) is 9.53 Å². The van der Waals surface area contributed by atoms with E-state index in [0.717, 1.165) is 54.8 Å². The van der Waals surface area contributed by atoms with Gasteiger partial charge in [0.25, 0.3) is 0 Å². The molecule has 4 aliphatic rings. The average Bonchev–Trinajstić information content (AvgIpc) is 3.04. The van der Waals surface area contributed by atoms with E-state index in [2.05, 4.69) is 20.8 Å². The monoisotopic (exact) mass is 404 g/mol. The molecule has 1 N–H and O–H groups in total. The van der Waals surface area contributed by atoms with Crippen molar-refractivity contribution in [3.05, 3.63) is 0 Å². The van der Waals surface area contributed by atoms with Crippen molar-refractivity contribution in [1.29, 1.82) is 0 Å². The predicted molar refractivity (Wildman–Crippen MR) is 116 cm³/mol. The Bertz CT molecular complexity index is 603. The summed E-state index contributed by atoms with van der Waals surface area (Å²) >= 11 is 0. The number of methoxy groups -OCH3 is 1. The minimum absolute atomic E-state index is 0.0510. The van der Waals surface area contributed by atoms with Gasteiger partial charge in [-0.15, -0.1) is 0 Å². The van der Waals surface area contributed by atoms with Crippen LogP contribution in [0, 0.1) is 46.3 Å². The molecule has 0 spiro atoms. The molecule has 4 fully saturated rings. The highest BCUT2D eigenvalue weighted by molar-refractivity contribution is 5.68. The molecule has 0 radical (unpaired) electrons. The first kappa shape index (κ1) is 21.7. The Morgan fingerprint density at radius 3 is 2.45 bits per heavy atom. The number of hydrogen-bond acceptors (Lipinski definition) is 3. The van der Waals surface area contributed by atoms with Gasteiger partial charge in [0.2, 0.25) is 0 Å². The van der Waals surface area contributed by atoms with E-state index in [-0.39, 0.29) is 12.1 Å². The topological polar surface area (TPSA) is 46.5 Å². The molecule has 0 aromatic rings. The van der Waals surface area contributed by atoms with Crippen molar-refractivity contribution in [1.82, 2.24) is 0 Å². The summed E-state index contributed by atoms with van der Waals surface area (Å²) in [7, 11) is 1.50. The molecule has 0 aromatic carbocycles.